The van der Waals surface area contributed by atoms with Gasteiger partial charge in [-0.3, -0.25) is 14.9 Å². The van der Waals surface area contributed by atoms with Gasteiger partial charge in [0.15, 0.2) is 0 Å². The van der Waals surface area contributed by atoms with Crippen LogP contribution in [0.25, 0.3) is 0 Å². The summed E-state index contributed by atoms with van der Waals surface area (Å²) in [6.45, 7) is 1.90. The number of carbonyl (C=O) groups is 1. The molecule has 0 aliphatic carbocycles. The molecule has 1 aromatic carbocycles. The van der Waals surface area contributed by atoms with Crippen molar-refractivity contribution < 1.29 is 14.5 Å². The van der Waals surface area contributed by atoms with Crippen LogP contribution in [-0.4, -0.2) is 17.5 Å². The molecule has 6 nitrogen and oxygen atoms in total. The van der Waals surface area contributed by atoms with Crippen LogP contribution in [0.3, 0.4) is 0 Å². The summed E-state index contributed by atoms with van der Waals surface area (Å²) in [6.07, 6.45) is -0.140. The lowest BCUT2D eigenvalue weighted by Gasteiger charge is -2.06. The quantitative estimate of drug-likeness (QED) is 0.385. The Bertz CT molecular complexity index is 462. The Labute approximate surface area is 102 Å². The van der Waals surface area contributed by atoms with Crippen LogP contribution >= 0.6 is 11.6 Å². The average molecular weight is 259 g/mol. The van der Waals surface area contributed by atoms with Crippen LogP contribution in [0.4, 0.5) is 11.4 Å². The highest BCUT2D eigenvalue weighted by Gasteiger charge is 2.19. The number of nitro groups is 1. The fraction of sp³-hybridized carbons (Fsp3) is 0.300. The molecule has 0 aromatic heterocycles. The maximum atomic E-state index is 11.3. The molecule has 0 aliphatic rings. The first-order valence-corrected chi connectivity index (χ1v) is 5.21. The van der Waals surface area contributed by atoms with E-state index in [0.717, 1.165) is 6.07 Å². The van der Waals surface area contributed by atoms with Crippen molar-refractivity contribution in [2.45, 2.75) is 13.3 Å². The zero-order chi connectivity index (χ0) is 13.0. The van der Waals surface area contributed by atoms with Crippen LogP contribution in [0.5, 0.6) is 0 Å². The van der Waals surface area contributed by atoms with E-state index in [9.17, 15) is 14.9 Å². The van der Waals surface area contributed by atoms with Crippen LogP contribution < -0.4 is 5.73 Å². The zero-order valence-electron chi connectivity index (χ0n) is 9.10. The van der Waals surface area contributed by atoms with Crippen LogP contribution in [0.1, 0.15) is 12.5 Å². The summed E-state index contributed by atoms with van der Waals surface area (Å²) in [4.78, 5) is 21.3. The minimum absolute atomic E-state index is 0.0859. The Kier molecular flexibility index (Phi) is 4.28. The number of anilines is 1. The number of nitrogen functional groups attached to an aromatic ring is 1. The molecule has 17 heavy (non-hydrogen) atoms. The maximum absolute atomic E-state index is 11.3. The van der Waals surface area contributed by atoms with Gasteiger partial charge in [-0.05, 0) is 18.6 Å². The highest BCUT2D eigenvalue weighted by molar-refractivity contribution is 6.33. The number of carbonyl (C=O) groups excluding carboxylic acids is 1. The van der Waals surface area contributed by atoms with Gasteiger partial charge >= 0.3 is 5.97 Å². The minimum Gasteiger partial charge on any atom is -0.466 e. The second-order valence-corrected chi connectivity index (χ2v) is 3.63. The fourth-order valence-corrected chi connectivity index (χ4v) is 1.57. The van der Waals surface area contributed by atoms with E-state index in [1.165, 1.54) is 6.07 Å². The van der Waals surface area contributed by atoms with Crippen molar-refractivity contribution >= 4 is 28.9 Å². The third-order valence-corrected chi connectivity index (χ3v) is 2.42. The first-order chi connectivity index (χ1) is 7.95. The van der Waals surface area contributed by atoms with Crippen molar-refractivity contribution in [2.75, 3.05) is 12.3 Å². The Morgan fingerprint density at radius 2 is 2.24 bits per heavy atom. The lowest BCUT2D eigenvalue weighted by atomic mass is 10.1. The summed E-state index contributed by atoms with van der Waals surface area (Å²) < 4.78 is 4.73. The first kappa shape index (κ1) is 13.2. The smallest absolute Gasteiger partial charge is 0.310 e. The highest BCUT2D eigenvalue weighted by Crippen LogP contribution is 2.31. The number of hydrogen-bond acceptors (Lipinski definition) is 5. The SMILES string of the molecule is CCOC(=O)Cc1cc(N)cc([N+](=O)[O-])c1Cl. The van der Waals surface area contributed by atoms with Crippen LogP contribution in [0, 0.1) is 10.1 Å². The topological polar surface area (TPSA) is 95.5 Å². The van der Waals surface area contributed by atoms with Crippen LogP contribution in [-0.2, 0) is 16.0 Å². The molecule has 0 amide bonds. The number of nitrogens with two attached hydrogens (primary N) is 1. The average Bonchev–Trinajstić information content (AvgIpc) is 2.22. The van der Waals surface area contributed by atoms with Crippen molar-refractivity contribution in [3.05, 3.63) is 32.8 Å². The summed E-state index contributed by atoms with van der Waals surface area (Å²) in [5, 5.41) is 10.6. The summed E-state index contributed by atoms with van der Waals surface area (Å²) in [5.41, 5.74) is 5.66. The highest BCUT2D eigenvalue weighted by atomic mass is 35.5. The Hall–Kier alpha value is -1.82. The number of halogens is 1. The summed E-state index contributed by atoms with van der Waals surface area (Å²) in [5.74, 6) is -0.505. The third-order valence-electron chi connectivity index (χ3n) is 1.99. The van der Waals surface area contributed by atoms with Gasteiger partial charge in [0, 0.05) is 11.8 Å². The van der Waals surface area contributed by atoms with E-state index in [4.69, 9.17) is 22.1 Å². The maximum Gasteiger partial charge on any atom is 0.310 e. The molecule has 0 bridgehead atoms. The molecule has 0 heterocycles. The van der Waals surface area contributed by atoms with E-state index in [2.05, 4.69) is 0 Å². The van der Waals surface area contributed by atoms with E-state index in [0.29, 0.717) is 0 Å². The molecule has 0 atom stereocenters. The van der Waals surface area contributed by atoms with Gasteiger partial charge in [0.05, 0.1) is 18.0 Å². The van der Waals surface area contributed by atoms with Gasteiger partial charge in [0.2, 0.25) is 0 Å². The first-order valence-electron chi connectivity index (χ1n) is 4.83. The van der Waals surface area contributed by atoms with E-state index >= 15 is 0 Å². The molecule has 0 fully saturated rings. The molecule has 1 rings (SSSR count). The third kappa shape index (κ3) is 3.32. The van der Waals surface area contributed by atoms with E-state index in [-0.39, 0.29) is 35.0 Å². The van der Waals surface area contributed by atoms with Crippen LogP contribution in [0.15, 0.2) is 12.1 Å². The predicted molar refractivity (Wildman–Crippen MR) is 62.9 cm³/mol. The summed E-state index contributed by atoms with van der Waals surface area (Å²) in [7, 11) is 0. The molecule has 0 spiro atoms. The van der Waals surface area contributed by atoms with Gasteiger partial charge in [-0.2, -0.15) is 0 Å². The van der Waals surface area contributed by atoms with Crippen molar-refractivity contribution in [1.29, 1.82) is 0 Å². The molecule has 7 heteroatoms. The second-order valence-electron chi connectivity index (χ2n) is 3.25. The molecule has 2 N–H and O–H groups in total. The van der Waals surface area contributed by atoms with Gasteiger partial charge in [-0.25, -0.2) is 0 Å². The number of nitro benzene ring substituents is 1. The Morgan fingerprint density at radius 3 is 2.76 bits per heavy atom. The number of hydrogen-bond donors (Lipinski definition) is 1. The molecule has 1 aromatic rings. The summed E-state index contributed by atoms with van der Waals surface area (Å²) >= 11 is 5.81. The van der Waals surface area contributed by atoms with Gasteiger partial charge < -0.3 is 10.5 Å². The van der Waals surface area contributed by atoms with Gasteiger partial charge in [-0.1, -0.05) is 11.6 Å². The van der Waals surface area contributed by atoms with Crippen molar-refractivity contribution in [3.8, 4) is 0 Å². The van der Waals surface area contributed by atoms with Crippen molar-refractivity contribution in [2.24, 2.45) is 0 Å². The largest absolute Gasteiger partial charge is 0.466 e. The molecule has 0 aliphatic heterocycles. The summed E-state index contributed by atoms with van der Waals surface area (Å²) in [6, 6.07) is 2.57. The van der Waals surface area contributed by atoms with E-state index in [1.807, 2.05) is 0 Å². The number of nitrogens with zero attached hydrogens (tertiary/aromatic N) is 1. The monoisotopic (exact) mass is 258 g/mol. The number of ether oxygens (including phenoxy) is 1. The van der Waals surface area contributed by atoms with Crippen LogP contribution in [0.2, 0.25) is 5.02 Å². The lowest BCUT2D eigenvalue weighted by molar-refractivity contribution is -0.384. The van der Waals surface area contributed by atoms with Gasteiger partial charge in [-0.15, -0.1) is 0 Å². The normalized spacial score (nSPS) is 10.0. The van der Waals surface area contributed by atoms with Gasteiger partial charge in [0.25, 0.3) is 5.69 Å². The van der Waals surface area contributed by atoms with Crippen molar-refractivity contribution in [1.82, 2.24) is 0 Å². The molecule has 92 valence electrons. The second kappa shape index (κ2) is 5.49. The molecule has 0 radical (unpaired) electrons. The fourth-order valence-electron chi connectivity index (χ4n) is 1.32. The molecular weight excluding hydrogens is 248 g/mol. The number of rotatable bonds is 4. The molecule has 0 saturated heterocycles. The standard InChI is InChI=1S/C10H11ClN2O4/c1-2-17-9(14)4-6-3-7(12)5-8(10(6)11)13(15)16/h3,5H,2,4,12H2,1H3. The van der Waals surface area contributed by atoms with E-state index in [1.54, 1.807) is 6.92 Å². The predicted octanol–water partition coefficient (Wildman–Crippen LogP) is 1.94. The Balaban J connectivity index is 3.07. The molecule has 0 saturated carbocycles. The van der Waals surface area contributed by atoms with Crippen molar-refractivity contribution in [3.63, 3.8) is 0 Å². The molecular formula is C10H11ClN2O4. The minimum atomic E-state index is -0.645. The zero-order valence-corrected chi connectivity index (χ0v) is 9.86. The van der Waals surface area contributed by atoms with E-state index < -0.39 is 10.9 Å². The number of benzene rings is 1. The van der Waals surface area contributed by atoms with Gasteiger partial charge in [0.1, 0.15) is 5.02 Å². The molecule has 0 unspecified atom stereocenters. The Morgan fingerprint density at radius 1 is 1.59 bits per heavy atom. The number of esters is 1. The lowest BCUT2D eigenvalue weighted by Crippen LogP contribution is -2.09.